The van der Waals surface area contributed by atoms with Gasteiger partial charge in [-0.05, 0) is 31.5 Å². The smallest absolute Gasteiger partial charge is 0.337 e. The molecule has 2 rings (SSSR count). The summed E-state index contributed by atoms with van der Waals surface area (Å²) in [6.07, 6.45) is 0. The molecular weight excluding hydrogens is 336 g/mol. The predicted molar refractivity (Wildman–Crippen MR) is 82.5 cm³/mol. The molecule has 0 bridgehead atoms. The van der Waals surface area contributed by atoms with E-state index in [1.54, 1.807) is 6.92 Å². The van der Waals surface area contributed by atoms with Crippen LogP contribution in [0.2, 0.25) is 0 Å². The van der Waals surface area contributed by atoms with E-state index in [4.69, 9.17) is 4.74 Å². The van der Waals surface area contributed by atoms with E-state index in [0.29, 0.717) is 17.8 Å². The summed E-state index contributed by atoms with van der Waals surface area (Å²) in [5.41, 5.74) is 1.91. The van der Waals surface area contributed by atoms with Crippen LogP contribution in [-0.2, 0) is 9.53 Å². The number of halogens is 1. The second-order valence-corrected chi connectivity index (χ2v) is 5.59. The molecule has 1 aromatic rings. The number of hydrogen-bond donors (Lipinski definition) is 1. The summed E-state index contributed by atoms with van der Waals surface area (Å²) in [5.74, 6) is -0.434. The first-order valence-corrected chi connectivity index (χ1v) is 7.41. The third-order valence-corrected chi connectivity index (χ3v) is 3.99. The highest BCUT2D eigenvalue weighted by molar-refractivity contribution is 9.10. The minimum atomic E-state index is -0.509. The van der Waals surface area contributed by atoms with Crippen molar-refractivity contribution in [3.8, 4) is 0 Å². The van der Waals surface area contributed by atoms with Gasteiger partial charge in [-0.2, -0.15) is 0 Å². The van der Waals surface area contributed by atoms with E-state index in [1.165, 1.54) is 12.0 Å². The minimum Gasteiger partial charge on any atom is -0.466 e. The Hall–Kier alpha value is -1.82. The Morgan fingerprint density at radius 3 is 2.76 bits per heavy atom. The molecule has 112 valence electrons. The molecule has 1 aliphatic heterocycles. The average molecular weight is 353 g/mol. The summed E-state index contributed by atoms with van der Waals surface area (Å²) >= 11 is 3.40. The fraction of sp³-hybridized carbons (Fsp3) is 0.333. The quantitative estimate of drug-likeness (QED) is 0.850. The molecule has 1 N–H and O–H groups in total. The van der Waals surface area contributed by atoms with Gasteiger partial charge in [0.25, 0.3) is 0 Å². The Bertz CT molecular complexity index is 613. The van der Waals surface area contributed by atoms with Gasteiger partial charge in [0.1, 0.15) is 0 Å². The molecule has 0 saturated carbocycles. The molecule has 1 aromatic carbocycles. The molecule has 0 aromatic heterocycles. The molecule has 0 aliphatic carbocycles. The molecule has 6 heteroatoms. The predicted octanol–water partition coefficient (Wildman–Crippen LogP) is 2.98. The second kappa shape index (κ2) is 6.30. The van der Waals surface area contributed by atoms with Crippen molar-refractivity contribution < 1.29 is 14.3 Å². The van der Waals surface area contributed by atoms with Crippen molar-refractivity contribution in [1.82, 2.24) is 10.2 Å². The zero-order valence-electron chi connectivity index (χ0n) is 12.1. The third-order valence-electron chi connectivity index (χ3n) is 3.50. The van der Waals surface area contributed by atoms with E-state index in [1.807, 2.05) is 31.2 Å². The first-order valence-electron chi connectivity index (χ1n) is 6.62. The fourth-order valence-corrected chi connectivity index (χ4v) is 2.89. The summed E-state index contributed by atoms with van der Waals surface area (Å²) in [7, 11) is 1.34. The van der Waals surface area contributed by atoms with Gasteiger partial charge in [0.2, 0.25) is 0 Å². The third kappa shape index (κ3) is 2.95. The average Bonchev–Trinajstić information content (AvgIpc) is 2.46. The highest BCUT2D eigenvalue weighted by Crippen LogP contribution is 2.32. The minimum absolute atomic E-state index is 0.215. The maximum atomic E-state index is 12.2. The number of ether oxygens (including phenoxy) is 1. The standard InChI is InChI=1S/C15H17BrN2O3/c1-4-18-9(2)12(14(19)21-3)13(17-15(18)20)10-6-5-7-11(16)8-10/h5-8,13H,4H2,1-3H3,(H,17,20)/t13-/m0/s1. The van der Waals surface area contributed by atoms with Crippen LogP contribution >= 0.6 is 15.9 Å². The fourth-order valence-electron chi connectivity index (χ4n) is 2.47. The zero-order chi connectivity index (χ0) is 15.6. The Balaban J connectivity index is 2.55. The van der Waals surface area contributed by atoms with Gasteiger partial charge in [-0.25, -0.2) is 9.59 Å². The number of nitrogens with zero attached hydrogens (tertiary/aromatic N) is 1. The number of allylic oxidation sites excluding steroid dienone is 1. The van der Waals surface area contributed by atoms with Crippen molar-refractivity contribution in [3.05, 3.63) is 45.6 Å². The molecule has 0 saturated heterocycles. The lowest BCUT2D eigenvalue weighted by Gasteiger charge is -2.34. The van der Waals surface area contributed by atoms with Crippen LogP contribution in [0.3, 0.4) is 0 Å². The molecule has 0 radical (unpaired) electrons. The highest BCUT2D eigenvalue weighted by atomic mass is 79.9. The lowest BCUT2D eigenvalue weighted by Crippen LogP contribution is -2.47. The van der Waals surface area contributed by atoms with Crippen LogP contribution in [-0.4, -0.2) is 30.6 Å². The Morgan fingerprint density at radius 1 is 1.48 bits per heavy atom. The van der Waals surface area contributed by atoms with Crippen molar-refractivity contribution in [3.63, 3.8) is 0 Å². The number of carbonyl (C=O) groups is 2. The van der Waals surface area contributed by atoms with Gasteiger partial charge in [-0.3, -0.25) is 4.90 Å². The first-order chi connectivity index (χ1) is 9.99. The molecule has 2 amide bonds. The maximum absolute atomic E-state index is 12.2. The van der Waals surface area contributed by atoms with E-state index in [0.717, 1.165) is 10.0 Å². The maximum Gasteiger partial charge on any atom is 0.337 e. The normalized spacial score (nSPS) is 18.6. The number of amides is 2. The van der Waals surface area contributed by atoms with Crippen molar-refractivity contribution >= 4 is 27.9 Å². The number of hydrogen-bond acceptors (Lipinski definition) is 3. The van der Waals surface area contributed by atoms with Crippen LogP contribution in [0.25, 0.3) is 0 Å². The summed E-state index contributed by atoms with van der Waals surface area (Å²) in [6, 6.07) is 6.78. The summed E-state index contributed by atoms with van der Waals surface area (Å²) in [5, 5.41) is 2.86. The second-order valence-electron chi connectivity index (χ2n) is 4.67. The number of benzene rings is 1. The van der Waals surface area contributed by atoms with Gasteiger partial charge in [0.15, 0.2) is 0 Å². The van der Waals surface area contributed by atoms with Crippen LogP contribution in [0.15, 0.2) is 40.0 Å². The van der Waals surface area contributed by atoms with Crippen LogP contribution in [0.5, 0.6) is 0 Å². The van der Waals surface area contributed by atoms with Gasteiger partial charge in [0, 0.05) is 16.7 Å². The van der Waals surface area contributed by atoms with Gasteiger partial charge < -0.3 is 10.1 Å². The number of esters is 1. The molecular formula is C15H17BrN2O3. The van der Waals surface area contributed by atoms with Gasteiger partial charge in [0.05, 0.1) is 18.7 Å². The van der Waals surface area contributed by atoms with Crippen molar-refractivity contribution in [2.45, 2.75) is 19.9 Å². The lowest BCUT2D eigenvalue weighted by atomic mass is 9.95. The molecule has 0 fully saturated rings. The molecule has 21 heavy (non-hydrogen) atoms. The van der Waals surface area contributed by atoms with Crippen LogP contribution in [0, 0.1) is 0 Å². The van der Waals surface area contributed by atoms with E-state index in [2.05, 4.69) is 21.2 Å². The lowest BCUT2D eigenvalue weighted by molar-refractivity contribution is -0.136. The van der Waals surface area contributed by atoms with E-state index in [9.17, 15) is 9.59 Å². The molecule has 0 spiro atoms. The van der Waals surface area contributed by atoms with E-state index >= 15 is 0 Å². The SMILES string of the molecule is CCN1C(=O)N[C@@H](c2cccc(Br)c2)C(C(=O)OC)=C1C. The monoisotopic (exact) mass is 352 g/mol. The van der Waals surface area contributed by atoms with Gasteiger partial charge in [-0.1, -0.05) is 28.1 Å². The van der Waals surface area contributed by atoms with E-state index < -0.39 is 12.0 Å². The summed E-state index contributed by atoms with van der Waals surface area (Å²) in [6.45, 7) is 4.11. The van der Waals surface area contributed by atoms with Crippen molar-refractivity contribution in [2.24, 2.45) is 0 Å². The number of nitrogens with one attached hydrogen (secondary N) is 1. The first kappa shape index (κ1) is 15.6. The number of methoxy groups -OCH3 is 1. The zero-order valence-corrected chi connectivity index (χ0v) is 13.7. The van der Waals surface area contributed by atoms with Crippen molar-refractivity contribution in [2.75, 3.05) is 13.7 Å². The van der Waals surface area contributed by atoms with Gasteiger partial charge in [-0.15, -0.1) is 0 Å². The highest BCUT2D eigenvalue weighted by Gasteiger charge is 2.35. The molecule has 1 atom stereocenters. The topological polar surface area (TPSA) is 58.6 Å². The summed E-state index contributed by atoms with van der Waals surface area (Å²) in [4.78, 5) is 25.9. The Labute approximate surface area is 132 Å². The molecule has 5 nitrogen and oxygen atoms in total. The number of urea groups is 1. The van der Waals surface area contributed by atoms with E-state index in [-0.39, 0.29) is 6.03 Å². The number of carbonyl (C=O) groups excluding carboxylic acids is 2. The molecule has 0 unspecified atom stereocenters. The van der Waals surface area contributed by atoms with Crippen LogP contribution in [0.1, 0.15) is 25.5 Å². The summed E-state index contributed by atoms with van der Waals surface area (Å²) < 4.78 is 5.77. The molecule has 1 aliphatic rings. The largest absolute Gasteiger partial charge is 0.466 e. The van der Waals surface area contributed by atoms with Crippen LogP contribution in [0.4, 0.5) is 4.79 Å². The van der Waals surface area contributed by atoms with Crippen molar-refractivity contribution in [1.29, 1.82) is 0 Å². The van der Waals surface area contributed by atoms with Gasteiger partial charge >= 0.3 is 12.0 Å². The Kier molecular flexibility index (Phi) is 4.67. The molecule has 1 heterocycles. The van der Waals surface area contributed by atoms with Crippen LogP contribution < -0.4 is 5.32 Å². The Morgan fingerprint density at radius 2 is 2.19 bits per heavy atom. The number of rotatable bonds is 3.